The lowest BCUT2D eigenvalue weighted by molar-refractivity contribution is 0.585. The van der Waals surface area contributed by atoms with E-state index in [0.717, 1.165) is 71.2 Å². The minimum absolute atomic E-state index is 0.409. The van der Waals surface area contributed by atoms with Gasteiger partial charge in [0.1, 0.15) is 22.9 Å². The van der Waals surface area contributed by atoms with Crippen molar-refractivity contribution in [2.75, 3.05) is 36.4 Å². The van der Waals surface area contributed by atoms with Gasteiger partial charge in [0, 0.05) is 44.1 Å². The Morgan fingerprint density at radius 3 is 2.21 bits per heavy atom. The Bertz CT molecular complexity index is 1840. The predicted molar refractivity (Wildman–Crippen MR) is 155 cm³/mol. The van der Waals surface area contributed by atoms with Crippen LogP contribution in [0.5, 0.6) is 0 Å². The first-order valence-corrected chi connectivity index (χ1v) is 14.0. The molecule has 1 fully saturated rings. The molecule has 8 heterocycles. The monoisotopic (exact) mass is 560 g/mol. The Labute approximate surface area is 240 Å². The molecule has 210 valence electrons. The van der Waals surface area contributed by atoms with E-state index < -0.39 is 0 Å². The molecule has 3 aliphatic heterocycles. The maximum atomic E-state index is 4.98. The Morgan fingerprint density at radius 2 is 1.48 bits per heavy atom. The molecule has 8 bridgehead atoms. The van der Waals surface area contributed by atoms with Crippen LogP contribution in [0.3, 0.4) is 0 Å². The molecule has 0 aliphatic carbocycles. The number of hydrogen-bond acceptors (Lipinski definition) is 11. The minimum atomic E-state index is 0.409. The number of pyridine rings is 1. The first kappa shape index (κ1) is 24.5. The average molecular weight is 561 g/mol. The number of nitrogens with zero attached hydrogens (tertiary/aromatic N) is 12. The molecule has 0 radical (unpaired) electrons. The van der Waals surface area contributed by atoms with Crippen molar-refractivity contribution in [1.82, 2.24) is 60.0 Å². The number of piperazine rings is 1. The van der Waals surface area contributed by atoms with E-state index >= 15 is 0 Å². The summed E-state index contributed by atoms with van der Waals surface area (Å²) in [5.74, 6) is 1.45. The maximum absolute atomic E-state index is 4.98. The summed E-state index contributed by atoms with van der Waals surface area (Å²) in [5.41, 5.74) is 6.24. The van der Waals surface area contributed by atoms with E-state index in [0.29, 0.717) is 37.8 Å². The van der Waals surface area contributed by atoms with Crippen LogP contribution >= 0.6 is 0 Å². The predicted octanol–water partition coefficient (Wildman–Crippen LogP) is 1.55. The van der Waals surface area contributed by atoms with Crippen LogP contribution in [0, 0.1) is 0 Å². The van der Waals surface area contributed by atoms with Crippen LogP contribution in [0.25, 0.3) is 22.3 Å². The lowest BCUT2D eigenvalue weighted by Crippen LogP contribution is -2.43. The van der Waals surface area contributed by atoms with Gasteiger partial charge < -0.3 is 15.5 Å². The van der Waals surface area contributed by atoms with Crippen molar-refractivity contribution in [2.24, 2.45) is 0 Å². The summed E-state index contributed by atoms with van der Waals surface area (Å²) in [4.78, 5) is 16.5. The molecule has 3 aliphatic rings. The summed E-state index contributed by atoms with van der Waals surface area (Å²) in [5, 5.41) is 29.9. The molecule has 0 unspecified atom stereocenters. The largest absolute Gasteiger partial charge is 0.354 e. The van der Waals surface area contributed by atoms with Gasteiger partial charge in [-0.1, -0.05) is 34.7 Å². The van der Waals surface area contributed by atoms with E-state index in [1.54, 1.807) is 0 Å². The van der Waals surface area contributed by atoms with Gasteiger partial charge in [-0.25, -0.2) is 24.0 Å². The molecule has 14 heteroatoms. The first-order chi connectivity index (χ1) is 20.7. The number of aromatic nitrogens is 11. The zero-order chi connectivity index (χ0) is 27.9. The molecule has 1 saturated heterocycles. The summed E-state index contributed by atoms with van der Waals surface area (Å²) < 4.78 is 5.53. The van der Waals surface area contributed by atoms with Gasteiger partial charge >= 0.3 is 0 Å². The lowest BCUT2D eigenvalue weighted by atomic mass is 10.1. The van der Waals surface area contributed by atoms with Gasteiger partial charge in [0.25, 0.3) is 0 Å². The number of hydrogen-bond donors (Lipinski definition) is 2. The number of benzene rings is 1. The summed E-state index contributed by atoms with van der Waals surface area (Å²) in [7, 11) is 0. The highest BCUT2D eigenvalue weighted by molar-refractivity contribution is 5.91. The molecule has 0 amide bonds. The molecule has 14 nitrogen and oxygen atoms in total. The Morgan fingerprint density at radius 1 is 0.738 bits per heavy atom. The summed E-state index contributed by atoms with van der Waals surface area (Å²) in [6, 6.07) is 12.5. The zero-order valence-electron chi connectivity index (χ0n) is 22.8. The highest BCUT2D eigenvalue weighted by Crippen LogP contribution is 2.28. The van der Waals surface area contributed by atoms with Gasteiger partial charge in [-0.15, -0.1) is 10.2 Å². The molecule has 5 aromatic heterocycles. The number of anilines is 2. The van der Waals surface area contributed by atoms with Gasteiger partial charge in [-0.2, -0.15) is 10.1 Å². The van der Waals surface area contributed by atoms with Crippen LogP contribution in [0.2, 0.25) is 0 Å². The van der Waals surface area contributed by atoms with Crippen LogP contribution in [0.4, 0.5) is 11.8 Å². The maximum Gasteiger partial charge on any atom is 0.225 e. The smallest absolute Gasteiger partial charge is 0.225 e. The summed E-state index contributed by atoms with van der Waals surface area (Å²) in [6.45, 7) is 5.90. The van der Waals surface area contributed by atoms with Crippen molar-refractivity contribution in [3.63, 3.8) is 0 Å². The third-order valence-corrected chi connectivity index (χ3v) is 7.57. The molecule has 1 aromatic carbocycles. The highest BCUT2D eigenvalue weighted by atomic mass is 15.4. The van der Waals surface area contributed by atoms with Crippen LogP contribution in [-0.4, -0.2) is 80.9 Å². The second-order valence-corrected chi connectivity index (χ2v) is 10.6. The molecule has 42 heavy (non-hydrogen) atoms. The Kier molecular flexibility index (Phi) is 6.02. The van der Waals surface area contributed by atoms with E-state index in [4.69, 9.17) is 15.1 Å². The quantitative estimate of drug-likeness (QED) is 0.318. The summed E-state index contributed by atoms with van der Waals surface area (Å²) in [6.07, 6.45) is 7.58. The van der Waals surface area contributed by atoms with Crippen LogP contribution < -0.4 is 15.5 Å². The fourth-order valence-corrected chi connectivity index (χ4v) is 5.41. The van der Waals surface area contributed by atoms with E-state index in [2.05, 4.69) is 77.5 Å². The van der Waals surface area contributed by atoms with Crippen molar-refractivity contribution in [2.45, 2.75) is 26.2 Å². The van der Waals surface area contributed by atoms with Crippen LogP contribution in [0.15, 0.2) is 61.2 Å². The number of nitrogens with one attached hydrogen (secondary N) is 2. The van der Waals surface area contributed by atoms with Gasteiger partial charge in [0.2, 0.25) is 5.95 Å². The SMILES string of the molecule is c1cc2ccc1Cn1cc(nn1)CNc1ncc3c(-c4ccc(N5CCNCC5)nc4)nn(c3n1)Cc1cn(nn1)C2. The van der Waals surface area contributed by atoms with E-state index in [1.165, 1.54) is 0 Å². The first-order valence-electron chi connectivity index (χ1n) is 14.0. The number of fused-ring (bicyclic) bond motifs is 3. The second-order valence-electron chi connectivity index (χ2n) is 10.6. The van der Waals surface area contributed by atoms with Crippen molar-refractivity contribution < 1.29 is 0 Å². The molecule has 0 saturated carbocycles. The molecular weight excluding hydrogens is 532 g/mol. The topological polar surface area (TPSA) is 145 Å². The third-order valence-electron chi connectivity index (χ3n) is 7.57. The molecule has 0 atom stereocenters. The Hall–Kier alpha value is -5.24. The lowest BCUT2D eigenvalue weighted by Gasteiger charge is -2.28. The zero-order valence-corrected chi connectivity index (χ0v) is 22.8. The summed E-state index contributed by atoms with van der Waals surface area (Å²) >= 11 is 0. The van der Waals surface area contributed by atoms with E-state index in [1.807, 2.05) is 38.8 Å². The van der Waals surface area contributed by atoms with Crippen LogP contribution in [0.1, 0.15) is 22.5 Å². The number of rotatable bonds is 2. The highest BCUT2D eigenvalue weighted by Gasteiger charge is 2.19. The van der Waals surface area contributed by atoms with Gasteiger partial charge in [-0.3, -0.25) is 0 Å². The van der Waals surface area contributed by atoms with Crippen molar-refractivity contribution in [1.29, 1.82) is 0 Å². The van der Waals surface area contributed by atoms with Gasteiger partial charge in [-0.05, 0) is 23.3 Å². The Balaban J connectivity index is 1.17. The van der Waals surface area contributed by atoms with Crippen LogP contribution in [-0.2, 0) is 26.2 Å². The molecular formula is C28H28N14. The minimum Gasteiger partial charge on any atom is -0.354 e. The molecule has 2 N–H and O–H groups in total. The fourth-order valence-electron chi connectivity index (χ4n) is 5.41. The van der Waals surface area contributed by atoms with Gasteiger partial charge in [0.05, 0.1) is 44.0 Å². The normalized spacial score (nSPS) is 15.4. The second kappa shape index (κ2) is 10.3. The van der Waals surface area contributed by atoms with E-state index in [9.17, 15) is 0 Å². The fraction of sp³-hybridized carbons (Fsp3) is 0.286. The molecule has 9 rings (SSSR count). The van der Waals surface area contributed by atoms with Gasteiger partial charge in [0.15, 0.2) is 5.65 Å². The average Bonchev–Trinajstić information content (AvgIpc) is 3.77. The van der Waals surface area contributed by atoms with Crippen molar-refractivity contribution in [3.05, 3.63) is 83.7 Å². The third kappa shape index (κ3) is 4.81. The molecule has 6 aromatic rings. The van der Waals surface area contributed by atoms with Crippen molar-refractivity contribution >= 4 is 22.8 Å². The van der Waals surface area contributed by atoms with Crippen molar-refractivity contribution in [3.8, 4) is 11.3 Å². The molecule has 0 spiro atoms. The standard InChI is InChI=1S/C28H28N14/c1-3-20-4-2-19(1)14-40-16-22(34-37-40)12-31-28-32-13-24-26(21-5-6-25(30-11-21)39-9-7-29-8-10-39)36-42(27(24)33-28)18-23-17-41(15-20)38-35-23/h1-6,11,13,16-17,29H,7-10,12,14-15,18H2,(H,31,32,33). The van der Waals surface area contributed by atoms with E-state index in [-0.39, 0.29) is 0 Å².